The van der Waals surface area contributed by atoms with Crippen molar-refractivity contribution in [2.75, 3.05) is 5.32 Å². The Balaban J connectivity index is 1.48. The topological polar surface area (TPSA) is 62.7 Å². The highest BCUT2D eigenvalue weighted by atomic mass is 32.1. The molecule has 3 aromatic heterocycles. The van der Waals surface area contributed by atoms with Crippen LogP contribution in [0.3, 0.4) is 0 Å². The number of thiophene rings is 1. The molecule has 2 aromatic carbocycles. The fourth-order valence-electron chi connectivity index (χ4n) is 5.36. The van der Waals surface area contributed by atoms with Crippen molar-refractivity contribution < 1.29 is 4.79 Å². The Bertz CT molecular complexity index is 1540. The number of fused-ring (bicyclic) bond motifs is 4. The highest BCUT2D eigenvalue weighted by molar-refractivity contribution is 7.10. The van der Waals surface area contributed by atoms with Gasteiger partial charge in [-0.3, -0.25) is 9.36 Å². The summed E-state index contributed by atoms with van der Waals surface area (Å²) in [4.78, 5) is 23.3. The monoisotopic (exact) mass is 436 g/mol. The number of aromatic amines is 1. The Morgan fingerprint density at radius 3 is 2.78 bits per heavy atom. The normalized spacial score (nSPS) is 20.4. The number of carbonyl (C=O) groups is 1. The summed E-state index contributed by atoms with van der Waals surface area (Å²) >= 11 is 1.73. The third-order valence-corrected chi connectivity index (χ3v) is 7.79. The molecule has 0 saturated carbocycles. The van der Waals surface area contributed by atoms with E-state index in [9.17, 15) is 4.79 Å². The molecular weight excluding hydrogens is 416 g/mol. The summed E-state index contributed by atoms with van der Waals surface area (Å²) in [7, 11) is 0. The van der Waals surface area contributed by atoms with Crippen molar-refractivity contribution in [3.63, 3.8) is 0 Å². The Hall–Kier alpha value is -3.64. The lowest BCUT2D eigenvalue weighted by molar-refractivity contribution is -0.116. The molecule has 32 heavy (non-hydrogen) atoms. The second kappa shape index (κ2) is 6.68. The quantitative estimate of drug-likeness (QED) is 0.357. The highest BCUT2D eigenvalue weighted by Gasteiger charge is 2.40. The second-order valence-corrected chi connectivity index (χ2v) is 9.53. The van der Waals surface area contributed by atoms with E-state index in [1.807, 2.05) is 24.3 Å². The van der Waals surface area contributed by atoms with Crippen molar-refractivity contribution in [1.82, 2.24) is 14.5 Å². The molecule has 156 valence electrons. The molecule has 0 radical (unpaired) electrons. The third-order valence-electron chi connectivity index (χ3n) is 6.76. The number of ketones is 1. The number of nitrogens with one attached hydrogen (secondary N) is 2. The van der Waals surface area contributed by atoms with Crippen LogP contribution in [0.2, 0.25) is 0 Å². The number of carbonyl (C=O) groups excluding carboxylic acids is 1. The SMILES string of the molecule is O=C1C[C@H](c2cccs2)CC2=C1[C@H](c1c[nH]c3ccccc13)n1c(nc3ccccc31)N2. The van der Waals surface area contributed by atoms with E-state index in [4.69, 9.17) is 4.98 Å². The van der Waals surface area contributed by atoms with Crippen molar-refractivity contribution in [3.05, 3.63) is 94.0 Å². The number of H-pyrrole nitrogens is 1. The van der Waals surface area contributed by atoms with Crippen LogP contribution in [0, 0.1) is 0 Å². The van der Waals surface area contributed by atoms with E-state index >= 15 is 0 Å². The van der Waals surface area contributed by atoms with Gasteiger partial charge in [-0.2, -0.15) is 0 Å². The van der Waals surface area contributed by atoms with Gasteiger partial charge in [0, 0.05) is 51.1 Å². The van der Waals surface area contributed by atoms with Crippen molar-refractivity contribution >= 4 is 45.0 Å². The molecular formula is C26H20N4OS. The summed E-state index contributed by atoms with van der Waals surface area (Å²) in [6, 6.07) is 20.5. The average Bonchev–Trinajstić information content (AvgIpc) is 3.55. The number of hydrogen-bond donors (Lipinski definition) is 2. The van der Waals surface area contributed by atoms with Gasteiger partial charge in [0.05, 0.1) is 17.1 Å². The molecule has 0 unspecified atom stereocenters. The smallest absolute Gasteiger partial charge is 0.209 e. The van der Waals surface area contributed by atoms with E-state index in [0.717, 1.165) is 51.1 Å². The molecule has 1 aliphatic carbocycles. The van der Waals surface area contributed by atoms with Crippen molar-refractivity contribution in [3.8, 4) is 0 Å². The van der Waals surface area contributed by atoms with Gasteiger partial charge in [0.1, 0.15) is 0 Å². The summed E-state index contributed by atoms with van der Waals surface area (Å²) in [6.45, 7) is 0. The van der Waals surface area contributed by atoms with Gasteiger partial charge in [0.25, 0.3) is 0 Å². The van der Waals surface area contributed by atoms with Gasteiger partial charge in [-0.1, -0.05) is 36.4 Å². The first-order valence-corrected chi connectivity index (χ1v) is 11.8. The minimum Gasteiger partial charge on any atom is -0.361 e. The zero-order chi connectivity index (χ0) is 21.2. The van der Waals surface area contributed by atoms with Crippen LogP contribution in [0.4, 0.5) is 5.95 Å². The van der Waals surface area contributed by atoms with Gasteiger partial charge >= 0.3 is 0 Å². The molecule has 4 heterocycles. The number of rotatable bonds is 2. The number of anilines is 1. The third kappa shape index (κ3) is 2.50. The first-order chi connectivity index (χ1) is 15.8. The molecule has 0 saturated heterocycles. The molecule has 0 spiro atoms. The van der Waals surface area contributed by atoms with Crippen LogP contribution in [0.5, 0.6) is 0 Å². The number of hydrogen-bond acceptors (Lipinski definition) is 4. The van der Waals surface area contributed by atoms with Gasteiger partial charge in [-0.15, -0.1) is 11.3 Å². The van der Waals surface area contributed by atoms with E-state index in [1.54, 1.807) is 11.3 Å². The zero-order valence-electron chi connectivity index (χ0n) is 17.2. The number of aromatic nitrogens is 3. The lowest BCUT2D eigenvalue weighted by atomic mass is 9.79. The molecule has 5 aromatic rings. The van der Waals surface area contributed by atoms with E-state index < -0.39 is 0 Å². The Morgan fingerprint density at radius 2 is 1.88 bits per heavy atom. The van der Waals surface area contributed by atoms with Crippen molar-refractivity contribution in [2.24, 2.45) is 0 Å². The van der Waals surface area contributed by atoms with Gasteiger partial charge in [0.2, 0.25) is 5.95 Å². The van der Waals surface area contributed by atoms with E-state index in [2.05, 4.69) is 62.8 Å². The van der Waals surface area contributed by atoms with Crippen LogP contribution in [0.1, 0.15) is 35.2 Å². The molecule has 7 rings (SSSR count). The Labute approximate surface area is 188 Å². The Kier molecular flexibility index (Phi) is 3.75. The fraction of sp³-hybridized carbons (Fsp3) is 0.154. The molecule has 0 fully saturated rings. The lowest BCUT2D eigenvalue weighted by Crippen LogP contribution is -2.32. The molecule has 2 N–H and O–H groups in total. The van der Waals surface area contributed by atoms with Crippen LogP contribution in [-0.2, 0) is 4.79 Å². The number of Topliss-reactive ketones (excluding diaryl/α,β-unsaturated/α-hetero) is 1. The van der Waals surface area contributed by atoms with Gasteiger partial charge in [-0.25, -0.2) is 4.98 Å². The summed E-state index contributed by atoms with van der Waals surface area (Å²) in [5.74, 6) is 1.24. The first-order valence-electron chi connectivity index (χ1n) is 10.9. The second-order valence-electron chi connectivity index (χ2n) is 8.55. The number of nitrogens with zero attached hydrogens (tertiary/aromatic N) is 2. The molecule has 0 bridgehead atoms. The molecule has 0 amide bonds. The van der Waals surface area contributed by atoms with Gasteiger partial charge in [0.15, 0.2) is 5.78 Å². The minimum atomic E-state index is -0.207. The van der Waals surface area contributed by atoms with Gasteiger partial charge in [-0.05, 0) is 36.1 Å². The molecule has 2 aliphatic rings. The standard InChI is InChI=1S/C26H20N4OS/c31-22-13-15(23-10-5-11-32-23)12-20-24(22)25(17-14-27-18-7-2-1-6-16(17)18)30-21-9-4-3-8-19(21)28-26(30)29-20/h1-11,14-15,25,27H,12-13H2,(H,28,29)/t15-,25+/m1/s1. The first kappa shape index (κ1) is 18.0. The summed E-state index contributed by atoms with van der Waals surface area (Å²) in [5.41, 5.74) is 6.04. The van der Waals surface area contributed by atoms with Crippen molar-refractivity contribution in [2.45, 2.75) is 24.8 Å². The summed E-state index contributed by atoms with van der Waals surface area (Å²) < 4.78 is 2.20. The number of benzene rings is 2. The van der Waals surface area contributed by atoms with E-state index in [1.165, 1.54) is 4.88 Å². The minimum absolute atomic E-state index is 0.207. The number of allylic oxidation sites excluding steroid dienone is 2. The molecule has 5 nitrogen and oxygen atoms in total. The van der Waals surface area contributed by atoms with Crippen LogP contribution < -0.4 is 5.32 Å². The average molecular weight is 437 g/mol. The maximum atomic E-state index is 13.7. The predicted octanol–water partition coefficient (Wildman–Crippen LogP) is 5.99. The van der Waals surface area contributed by atoms with Crippen LogP contribution >= 0.6 is 11.3 Å². The molecule has 1 aliphatic heterocycles. The number of para-hydroxylation sites is 3. The fourth-order valence-corrected chi connectivity index (χ4v) is 6.19. The van der Waals surface area contributed by atoms with Crippen LogP contribution in [-0.4, -0.2) is 20.3 Å². The molecule has 2 atom stereocenters. The van der Waals surface area contributed by atoms with Crippen LogP contribution in [0.15, 0.2) is 83.5 Å². The molecule has 6 heteroatoms. The number of imidazole rings is 1. The van der Waals surface area contributed by atoms with E-state index in [-0.39, 0.29) is 17.7 Å². The van der Waals surface area contributed by atoms with Crippen LogP contribution in [0.25, 0.3) is 21.9 Å². The predicted molar refractivity (Wildman–Crippen MR) is 128 cm³/mol. The Morgan fingerprint density at radius 1 is 1.00 bits per heavy atom. The summed E-state index contributed by atoms with van der Waals surface area (Å²) in [5, 5.41) is 6.79. The van der Waals surface area contributed by atoms with Gasteiger partial charge < -0.3 is 10.3 Å². The van der Waals surface area contributed by atoms with Crippen molar-refractivity contribution in [1.29, 1.82) is 0 Å². The van der Waals surface area contributed by atoms with E-state index in [0.29, 0.717) is 6.42 Å². The highest BCUT2D eigenvalue weighted by Crippen LogP contribution is 2.47. The summed E-state index contributed by atoms with van der Waals surface area (Å²) in [6.07, 6.45) is 3.42. The maximum Gasteiger partial charge on any atom is 0.209 e. The largest absolute Gasteiger partial charge is 0.361 e. The lowest BCUT2D eigenvalue weighted by Gasteiger charge is -2.36. The maximum absolute atomic E-state index is 13.7. The zero-order valence-corrected chi connectivity index (χ0v) is 18.0.